The summed E-state index contributed by atoms with van der Waals surface area (Å²) in [6.07, 6.45) is -8.85. The van der Waals surface area contributed by atoms with E-state index in [0.717, 1.165) is 5.92 Å². The monoisotopic (exact) mass is 1770 g/mol. The highest BCUT2D eigenvalue weighted by atomic mass is 31.2. The van der Waals surface area contributed by atoms with Gasteiger partial charge in [0.1, 0.15) is 60.9 Å². The van der Waals surface area contributed by atoms with E-state index in [4.69, 9.17) is 93.0 Å². The van der Waals surface area contributed by atoms with Gasteiger partial charge in [-0.25, -0.2) is 0 Å². The summed E-state index contributed by atoms with van der Waals surface area (Å²) in [4.78, 5) is 75.1. The molecule has 0 aromatic carbocycles. The van der Waals surface area contributed by atoms with E-state index < -0.39 is 213 Å². The second-order valence-corrected chi connectivity index (χ2v) is 34.7. The van der Waals surface area contributed by atoms with Gasteiger partial charge in [0.15, 0.2) is 18.9 Å². The molecule has 20 atom stereocenters. The number of nitrogens with one attached hydrogen (secondary N) is 2. The van der Waals surface area contributed by atoms with Crippen LogP contribution in [0.25, 0.3) is 0 Å². The van der Waals surface area contributed by atoms with Crippen molar-refractivity contribution in [1.29, 1.82) is 0 Å². The molecule has 0 aliphatic carbocycles. The topological polar surface area (TPSA) is 606 Å². The SMILES string of the molecule is CC(C)C.COCCCOCC(CO)COCCCOP(=O)([O-])OCC(COCCCOP(=O)([O-])OCCCCCCO[C@@H]1OC(CO)[C@H](O)[C@H](O)C1C)(COCCCOP(=O)([O-])OCCCCCCO[C@@H]1OC(CO)[C@H](O)[C@H](O)C1NC(C)=O)COCCCOP(=O)([O-])OCCCCCCO[C@@H]1OC(CO)[C@H](O)[C@H](O)C1NC(C)=O. The Hall–Kier alpha value is -1.50. The Morgan fingerprint density at radius 2 is 0.655 bits per heavy atom. The van der Waals surface area contributed by atoms with Gasteiger partial charge in [-0.05, 0) is 76.5 Å². The van der Waals surface area contributed by atoms with Crippen LogP contribution in [0.1, 0.15) is 151 Å². The van der Waals surface area contributed by atoms with Crippen molar-refractivity contribution in [2.75, 3.05) is 179 Å². The molecule has 12 N–H and O–H groups in total. The zero-order chi connectivity index (χ0) is 86.4. The van der Waals surface area contributed by atoms with Gasteiger partial charge in [-0.15, -0.1) is 0 Å². The van der Waals surface area contributed by atoms with E-state index in [-0.39, 0.29) is 130 Å². The molecule has 46 heteroatoms. The lowest BCUT2D eigenvalue weighted by Crippen LogP contribution is -2.64. The predicted octanol–water partition coefficient (Wildman–Crippen LogP) is -0.377. The van der Waals surface area contributed by atoms with Crippen molar-refractivity contribution in [3.05, 3.63) is 0 Å². The summed E-state index contributed by atoms with van der Waals surface area (Å²) in [6.45, 7) is 5.27. The molecule has 0 saturated carbocycles. The molecule has 0 bridgehead atoms. The van der Waals surface area contributed by atoms with Crippen molar-refractivity contribution >= 4 is 43.1 Å². The van der Waals surface area contributed by atoms with E-state index in [1.807, 2.05) is 0 Å². The van der Waals surface area contributed by atoms with Gasteiger partial charge in [-0.3, -0.25) is 27.8 Å². The molecule has 690 valence electrons. The number of aliphatic hydroxyl groups is 10. The van der Waals surface area contributed by atoms with Crippen molar-refractivity contribution in [3.63, 3.8) is 0 Å². The number of methoxy groups -OCH3 is 1. The number of phosphoric acid groups is 4. The fraction of sp³-hybridized carbons (Fsp3) is 0.971. The summed E-state index contributed by atoms with van der Waals surface area (Å²) in [5.41, 5.74) is -1.58. The Bertz CT molecular complexity index is 2590. The zero-order valence-electron chi connectivity index (χ0n) is 68.2. The summed E-state index contributed by atoms with van der Waals surface area (Å²) in [7, 11) is -18.1. The minimum atomic E-state index is -5.16. The third-order valence-electron chi connectivity index (χ3n) is 17.5. The molecule has 42 nitrogen and oxygen atoms in total. The zero-order valence-corrected chi connectivity index (χ0v) is 71.8. The molecule has 2 amide bonds. The fourth-order valence-corrected chi connectivity index (χ4v) is 14.4. The average Bonchev–Trinajstić information content (AvgIpc) is 0.826. The van der Waals surface area contributed by atoms with Crippen LogP contribution in [0.15, 0.2) is 0 Å². The normalized spacial score (nSPS) is 26.7. The van der Waals surface area contributed by atoms with Crippen molar-refractivity contribution < 1.29 is 192 Å². The fourth-order valence-electron chi connectivity index (χ4n) is 11.2. The van der Waals surface area contributed by atoms with Gasteiger partial charge in [-0.1, -0.05) is 66.2 Å². The van der Waals surface area contributed by atoms with Crippen molar-refractivity contribution in [2.45, 2.75) is 237 Å². The molecule has 11 unspecified atom stereocenters. The second-order valence-electron chi connectivity index (χ2n) is 29.0. The minimum absolute atomic E-state index is 0.0281. The number of amides is 2. The molecule has 3 saturated heterocycles. The van der Waals surface area contributed by atoms with Crippen molar-refractivity contribution in [1.82, 2.24) is 10.6 Å². The highest BCUT2D eigenvalue weighted by Gasteiger charge is 2.47. The van der Waals surface area contributed by atoms with Crippen LogP contribution < -0.4 is 30.2 Å². The molecule has 3 fully saturated rings. The smallest absolute Gasteiger partial charge is 0.267 e. The third-order valence-corrected chi connectivity index (χ3v) is 21.4. The number of carbonyl (C=O) groups excluding carboxylic acids is 2. The quantitative estimate of drug-likeness (QED) is 0.0273. The summed E-state index contributed by atoms with van der Waals surface area (Å²) in [6, 6.07) is -2.23. The molecule has 3 aliphatic rings. The highest BCUT2D eigenvalue weighted by Crippen LogP contribution is 2.43. The van der Waals surface area contributed by atoms with Crippen LogP contribution in [0.2, 0.25) is 0 Å². The Balaban J connectivity index is 0.0000111. The van der Waals surface area contributed by atoms with Crippen LogP contribution in [-0.2, 0) is 121 Å². The van der Waals surface area contributed by atoms with Gasteiger partial charge in [0, 0.05) is 92.3 Å². The summed E-state index contributed by atoms with van der Waals surface area (Å²) in [5.74, 6) is -1.11. The lowest BCUT2D eigenvalue weighted by atomic mass is 9.92. The van der Waals surface area contributed by atoms with Gasteiger partial charge in [0.2, 0.25) is 11.8 Å². The number of hydrogen-bond donors (Lipinski definition) is 12. The molecule has 116 heavy (non-hydrogen) atoms. The first-order valence-electron chi connectivity index (χ1n) is 39.8. The third kappa shape index (κ3) is 49.9. The van der Waals surface area contributed by atoms with E-state index in [0.29, 0.717) is 83.8 Å². The van der Waals surface area contributed by atoms with Crippen molar-refractivity contribution in [3.8, 4) is 0 Å². The number of aliphatic hydroxyl groups excluding tert-OH is 10. The molecule has 0 aromatic heterocycles. The summed E-state index contributed by atoms with van der Waals surface area (Å²) >= 11 is 0. The summed E-state index contributed by atoms with van der Waals surface area (Å²) in [5, 5.41) is 105. The first-order valence-corrected chi connectivity index (χ1v) is 45.6. The van der Waals surface area contributed by atoms with Gasteiger partial charge in [0.05, 0.1) is 124 Å². The standard InChI is InChI=1S/C66H130N2O40P4.C4H10/c1-48-57(75)58(76)52(39-70)106-63(48)95-28-11-5-8-14-31-98-109(81,82)101-35-19-25-92-44-66(47-105-112(87,88)104-34-18-24-91-43-51(38-69)42-90-23-17-22-89-4,45-93-26-20-36-102-110(83,84)99-32-15-9-6-12-29-96-64-55(67-49(2)73)61(79)59(77)53(40-71)107-64)46-94-27-21-37-103-111(85,86)100-33-16-10-7-13-30-97-65-56(68-50(3)74)62(80)60(78)54(41-72)108-65;1-4(2)3/h48,51-65,69-72,75-80H,5-47H2,1-4H3,(H,67,73)(H,68,74)(H,81,82)(H,83,84)(H,85,86)(H,87,88);4H,1-3H3/p-4/t48?,51?,52?,53?,54?,55?,56?,57-,58+,59+,60+,61-,62-,63-,64-,65-,66?;/m1./s1. The summed E-state index contributed by atoms with van der Waals surface area (Å²) < 4.78 is 160. The van der Waals surface area contributed by atoms with Gasteiger partial charge >= 0.3 is 0 Å². The van der Waals surface area contributed by atoms with Gasteiger partial charge in [0.25, 0.3) is 31.3 Å². The predicted molar refractivity (Wildman–Crippen MR) is 402 cm³/mol. The molecular weight excluding hydrogens is 1630 g/mol. The Labute approximate surface area is 681 Å². The molecule has 0 radical (unpaired) electrons. The van der Waals surface area contributed by atoms with Crippen LogP contribution in [0.4, 0.5) is 0 Å². The van der Waals surface area contributed by atoms with E-state index >= 15 is 0 Å². The number of rotatable bonds is 70. The van der Waals surface area contributed by atoms with E-state index in [1.54, 1.807) is 14.0 Å². The van der Waals surface area contributed by atoms with Gasteiger partial charge in [-0.2, -0.15) is 0 Å². The largest absolute Gasteiger partial charge is 0.756 e. The minimum Gasteiger partial charge on any atom is -0.756 e. The van der Waals surface area contributed by atoms with Crippen LogP contribution in [0.5, 0.6) is 0 Å². The number of ether oxygens (including phenoxy) is 12. The average molecular weight is 1770 g/mol. The van der Waals surface area contributed by atoms with Crippen LogP contribution >= 0.6 is 31.3 Å². The van der Waals surface area contributed by atoms with Gasteiger partial charge < -0.3 is 174 Å². The Kier molecular flexibility index (Phi) is 60.5. The number of phosphoric ester groups is 4. The Morgan fingerprint density at radius 3 is 0.966 bits per heavy atom. The number of carbonyl (C=O) groups is 2. The van der Waals surface area contributed by atoms with E-state index in [2.05, 4.69) is 31.4 Å². The van der Waals surface area contributed by atoms with E-state index in [1.165, 1.54) is 13.8 Å². The van der Waals surface area contributed by atoms with Crippen LogP contribution in [-0.4, -0.2) is 328 Å². The molecular formula is C70H136N2O40P4-4. The maximum atomic E-state index is 13.4. The molecule has 0 spiro atoms. The van der Waals surface area contributed by atoms with Crippen LogP contribution in [0.3, 0.4) is 0 Å². The molecule has 3 aliphatic heterocycles. The number of hydrogen-bond acceptors (Lipinski definition) is 40. The lowest BCUT2D eigenvalue weighted by molar-refractivity contribution is -0.282. The number of unbranched alkanes of at least 4 members (excludes halogenated alkanes) is 9. The molecule has 3 rings (SSSR count). The van der Waals surface area contributed by atoms with Crippen LogP contribution in [0, 0.1) is 23.2 Å². The maximum Gasteiger partial charge on any atom is 0.267 e. The Morgan fingerprint density at radius 1 is 0.379 bits per heavy atom. The van der Waals surface area contributed by atoms with Crippen molar-refractivity contribution in [2.24, 2.45) is 23.2 Å². The maximum absolute atomic E-state index is 13.4. The van der Waals surface area contributed by atoms with E-state index in [9.17, 15) is 98.5 Å². The molecule has 3 heterocycles. The first kappa shape index (κ1) is 111. The highest BCUT2D eigenvalue weighted by molar-refractivity contribution is 7.46. The second kappa shape index (κ2) is 63.4. The molecule has 0 aromatic rings. The first-order chi connectivity index (χ1) is 55.1. The lowest BCUT2D eigenvalue weighted by Gasteiger charge is -2.42.